The minimum atomic E-state index is -0.234. The molecule has 2 aromatic rings. The molecule has 4 rings (SSSR count). The van der Waals surface area contributed by atoms with Crippen LogP contribution in [0.2, 0.25) is 0 Å². The molecule has 2 aromatic carbocycles. The second kappa shape index (κ2) is 8.78. The third-order valence-corrected chi connectivity index (χ3v) is 5.87. The summed E-state index contributed by atoms with van der Waals surface area (Å²) >= 11 is 0. The molecule has 1 saturated carbocycles. The Morgan fingerprint density at radius 1 is 1.00 bits per heavy atom. The van der Waals surface area contributed by atoms with Crippen LogP contribution in [0.3, 0.4) is 0 Å². The fourth-order valence-electron chi connectivity index (χ4n) is 3.78. The van der Waals surface area contributed by atoms with E-state index in [1.165, 1.54) is 0 Å². The van der Waals surface area contributed by atoms with Crippen LogP contribution >= 0.6 is 0 Å². The average Bonchev–Trinajstić information content (AvgIpc) is 3.58. The third-order valence-electron chi connectivity index (χ3n) is 5.87. The van der Waals surface area contributed by atoms with Crippen molar-refractivity contribution < 1.29 is 14.3 Å². The molecule has 158 valence electrons. The Kier molecular flexibility index (Phi) is 5.93. The van der Waals surface area contributed by atoms with Gasteiger partial charge in [0.1, 0.15) is 5.75 Å². The van der Waals surface area contributed by atoms with Crippen LogP contribution in [0.15, 0.2) is 42.5 Å². The largest absolute Gasteiger partial charge is 0.497 e. The monoisotopic (exact) mass is 407 g/mol. The molecule has 2 N–H and O–H groups in total. The van der Waals surface area contributed by atoms with Crippen LogP contribution in [0.25, 0.3) is 0 Å². The van der Waals surface area contributed by atoms with E-state index in [0.717, 1.165) is 44.5 Å². The number of rotatable bonds is 6. The summed E-state index contributed by atoms with van der Waals surface area (Å²) in [5.74, 6) is 1.04. The van der Waals surface area contributed by atoms with Gasteiger partial charge >= 0.3 is 0 Å². The van der Waals surface area contributed by atoms with Crippen LogP contribution < -0.4 is 20.3 Å². The molecular weight excluding hydrogens is 378 g/mol. The van der Waals surface area contributed by atoms with E-state index in [9.17, 15) is 9.59 Å². The van der Waals surface area contributed by atoms with Gasteiger partial charge in [0.2, 0.25) is 0 Å². The van der Waals surface area contributed by atoms with Crippen molar-refractivity contribution in [3.05, 3.63) is 53.6 Å². The summed E-state index contributed by atoms with van der Waals surface area (Å²) in [5.41, 5.74) is 2.68. The summed E-state index contributed by atoms with van der Waals surface area (Å²) in [6.07, 6.45) is 4.32. The molecule has 2 fully saturated rings. The molecule has 1 heterocycles. The zero-order valence-electron chi connectivity index (χ0n) is 17.6. The highest BCUT2D eigenvalue weighted by atomic mass is 16.5. The smallest absolute Gasteiger partial charge is 0.255 e. The minimum Gasteiger partial charge on any atom is -0.497 e. The van der Waals surface area contributed by atoms with Crippen molar-refractivity contribution in [3.8, 4) is 5.75 Å². The molecule has 0 unspecified atom stereocenters. The normalized spacial score (nSPS) is 16.8. The molecule has 0 radical (unpaired) electrons. The Hall–Kier alpha value is -3.02. The number of piperidine rings is 1. The summed E-state index contributed by atoms with van der Waals surface area (Å²) in [6, 6.07) is 12.9. The van der Waals surface area contributed by atoms with E-state index in [0.29, 0.717) is 28.5 Å². The molecule has 2 amide bonds. The number of amides is 2. The maximum absolute atomic E-state index is 12.9. The Labute approximate surface area is 177 Å². The van der Waals surface area contributed by atoms with Gasteiger partial charge in [-0.3, -0.25) is 9.59 Å². The molecule has 0 aromatic heterocycles. The predicted molar refractivity (Wildman–Crippen MR) is 118 cm³/mol. The molecule has 6 heteroatoms. The number of ether oxygens (including phenoxy) is 1. The highest BCUT2D eigenvalue weighted by molar-refractivity contribution is 6.06. The topological polar surface area (TPSA) is 70.7 Å². The van der Waals surface area contributed by atoms with E-state index in [1.54, 1.807) is 37.4 Å². The highest BCUT2D eigenvalue weighted by Crippen LogP contribution is 2.30. The Morgan fingerprint density at radius 3 is 2.47 bits per heavy atom. The van der Waals surface area contributed by atoms with Gasteiger partial charge in [-0.15, -0.1) is 0 Å². The third kappa shape index (κ3) is 4.75. The van der Waals surface area contributed by atoms with Gasteiger partial charge < -0.3 is 20.3 Å². The van der Waals surface area contributed by atoms with Gasteiger partial charge in [-0.1, -0.05) is 13.0 Å². The molecular formula is C24H29N3O3. The Morgan fingerprint density at radius 2 is 1.77 bits per heavy atom. The van der Waals surface area contributed by atoms with Crippen molar-refractivity contribution in [1.29, 1.82) is 0 Å². The number of methoxy groups -OCH3 is 1. The summed E-state index contributed by atoms with van der Waals surface area (Å²) in [7, 11) is 1.57. The van der Waals surface area contributed by atoms with Crippen molar-refractivity contribution in [3.63, 3.8) is 0 Å². The lowest BCUT2D eigenvalue weighted by atomic mass is 9.97. The van der Waals surface area contributed by atoms with E-state index in [1.807, 2.05) is 12.1 Å². The fourth-order valence-corrected chi connectivity index (χ4v) is 3.78. The highest BCUT2D eigenvalue weighted by Gasteiger charge is 2.27. The maximum atomic E-state index is 12.9. The maximum Gasteiger partial charge on any atom is 0.255 e. The van der Waals surface area contributed by atoms with Crippen molar-refractivity contribution >= 4 is 23.2 Å². The summed E-state index contributed by atoms with van der Waals surface area (Å²) in [5, 5.41) is 6.01. The van der Waals surface area contributed by atoms with Gasteiger partial charge in [0, 0.05) is 36.1 Å². The lowest BCUT2D eigenvalue weighted by molar-refractivity contribution is 0.0950. The minimum absolute atomic E-state index is 0.0661. The Balaban J connectivity index is 1.57. The molecule has 30 heavy (non-hydrogen) atoms. The Bertz CT molecular complexity index is 931. The fraction of sp³-hybridized carbons (Fsp3) is 0.417. The van der Waals surface area contributed by atoms with E-state index in [4.69, 9.17) is 4.74 Å². The van der Waals surface area contributed by atoms with E-state index in [-0.39, 0.29) is 17.9 Å². The molecule has 0 atom stereocenters. The average molecular weight is 408 g/mol. The van der Waals surface area contributed by atoms with Crippen molar-refractivity contribution in [1.82, 2.24) is 5.32 Å². The van der Waals surface area contributed by atoms with Crippen LogP contribution in [-0.4, -0.2) is 38.1 Å². The predicted octanol–water partition coefficient (Wildman–Crippen LogP) is 4.08. The standard InChI is InChI=1S/C24H29N3O3/c1-16-10-12-27(13-11-16)22-9-8-19(15-21(22)24(29)25-18-6-7-18)26-23(28)17-4-3-5-20(14-17)30-2/h3-5,8-9,14-16,18H,6-7,10-13H2,1-2H3,(H,25,29)(H,26,28). The number of carbonyl (C=O) groups is 2. The lowest BCUT2D eigenvalue weighted by Gasteiger charge is -2.33. The van der Waals surface area contributed by atoms with E-state index >= 15 is 0 Å². The van der Waals surface area contributed by atoms with Crippen molar-refractivity contribution in [2.24, 2.45) is 5.92 Å². The van der Waals surface area contributed by atoms with Crippen LogP contribution in [-0.2, 0) is 0 Å². The number of benzene rings is 2. The van der Waals surface area contributed by atoms with Gasteiger partial charge in [-0.25, -0.2) is 0 Å². The number of nitrogens with zero attached hydrogens (tertiary/aromatic N) is 1. The SMILES string of the molecule is COc1cccc(C(=O)Nc2ccc(N3CCC(C)CC3)c(C(=O)NC3CC3)c2)c1. The number of anilines is 2. The lowest BCUT2D eigenvalue weighted by Crippen LogP contribution is -2.35. The number of carbonyl (C=O) groups excluding carboxylic acids is 2. The second-order valence-corrected chi connectivity index (χ2v) is 8.34. The first-order valence-corrected chi connectivity index (χ1v) is 10.7. The molecule has 0 spiro atoms. The molecule has 1 saturated heterocycles. The molecule has 1 aliphatic carbocycles. The van der Waals surface area contributed by atoms with E-state index in [2.05, 4.69) is 22.5 Å². The van der Waals surface area contributed by atoms with Crippen LogP contribution in [0.1, 0.15) is 53.3 Å². The van der Waals surface area contributed by atoms with Gasteiger partial charge in [-0.2, -0.15) is 0 Å². The number of hydrogen-bond acceptors (Lipinski definition) is 4. The van der Waals surface area contributed by atoms with Crippen molar-refractivity contribution in [2.75, 3.05) is 30.4 Å². The summed E-state index contributed by atoms with van der Waals surface area (Å²) in [6.45, 7) is 4.16. The first-order valence-electron chi connectivity index (χ1n) is 10.7. The van der Waals surface area contributed by atoms with Crippen LogP contribution in [0, 0.1) is 5.92 Å². The van der Waals surface area contributed by atoms with Crippen LogP contribution in [0.5, 0.6) is 5.75 Å². The van der Waals surface area contributed by atoms with E-state index < -0.39 is 0 Å². The summed E-state index contributed by atoms with van der Waals surface area (Å²) < 4.78 is 5.20. The van der Waals surface area contributed by atoms with Gasteiger partial charge in [-0.05, 0) is 68.0 Å². The molecule has 6 nitrogen and oxygen atoms in total. The second-order valence-electron chi connectivity index (χ2n) is 8.34. The number of hydrogen-bond donors (Lipinski definition) is 2. The zero-order valence-corrected chi connectivity index (χ0v) is 17.6. The molecule has 1 aliphatic heterocycles. The quantitative estimate of drug-likeness (QED) is 0.757. The van der Waals surface area contributed by atoms with Crippen LogP contribution in [0.4, 0.5) is 11.4 Å². The van der Waals surface area contributed by atoms with Gasteiger partial charge in [0.15, 0.2) is 0 Å². The first-order chi connectivity index (χ1) is 14.5. The van der Waals surface area contributed by atoms with Crippen molar-refractivity contribution in [2.45, 2.75) is 38.6 Å². The zero-order chi connectivity index (χ0) is 21.1. The van der Waals surface area contributed by atoms with Gasteiger partial charge in [0.05, 0.1) is 12.7 Å². The van der Waals surface area contributed by atoms with Gasteiger partial charge in [0.25, 0.3) is 11.8 Å². The molecule has 2 aliphatic rings. The number of nitrogens with one attached hydrogen (secondary N) is 2. The summed E-state index contributed by atoms with van der Waals surface area (Å²) in [4.78, 5) is 27.9. The first kappa shape index (κ1) is 20.3. The molecule has 0 bridgehead atoms.